The van der Waals surface area contributed by atoms with E-state index in [0.29, 0.717) is 12.3 Å². The fourth-order valence-corrected chi connectivity index (χ4v) is 4.67. The molecule has 4 rings (SSSR count). The van der Waals surface area contributed by atoms with Gasteiger partial charge < -0.3 is 4.90 Å². The summed E-state index contributed by atoms with van der Waals surface area (Å²) in [5.41, 5.74) is 1.08. The number of quaternary nitrogens is 1. The van der Waals surface area contributed by atoms with Crippen LogP contribution in [0, 0.1) is 0 Å². The minimum atomic E-state index is -0.177. The maximum Gasteiger partial charge on any atom is 0.285 e. The molecule has 2 aliphatic heterocycles. The van der Waals surface area contributed by atoms with E-state index >= 15 is 0 Å². The molecule has 2 fully saturated rings. The second kappa shape index (κ2) is 5.44. The highest BCUT2D eigenvalue weighted by Gasteiger charge is 2.40. The Morgan fingerprint density at radius 1 is 1.18 bits per heavy atom. The largest absolute Gasteiger partial charge is 0.324 e. The number of aromatic nitrogens is 1. The molecule has 6 heteroatoms. The van der Waals surface area contributed by atoms with E-state index in [1.54, 1.807) is 11.3 Å². The zero-order chi connectivity index (χ0) is 15.1. The number of fused-ring (bicyclic) bond motifs is 1. The minimum absolute atomic E-state index is 0.0987. The summed E-state index contributed by atoms with van der Waals surface area (Å²) in [6, 6.07) is 8.07. The zero-order valence-electron chi connectivity index (χ0n) is 12.2. The molecule has 1 atom stereocenters. The van der Waals surface area contributed by atoms with Gasteiger partial charge in [-0.25, -0.2) is 4.98 Å². The standard InChI is InChI=1S/C16H17N3O2S/c20-14-9-12(15(21)18-14)19-7-5-10(6-8-19)16-17-11-3-1-2-4-13(11)22-16/h1-4,10,12H,5-9H2,(H,18,20,21)/p+1/t12-/m0/s1. The van der Waals surface area contributed by atoms with Gasteiger partial charge in [-0.1, -0.05) is 12.1 Å². The second-order valence-electron chi connectivity index (χ2n) is 6.12. The number of likely N-dealkylation sites (tertiary alicyclic amines) is 1. The van der Waals surface area contributed by atoms with Crippen molar-refractivity contribution in [3.05, 3.63) is 29.3 Å². The van der Waals surface area contributed by atoms with Crippen molar-refractivity contribution in [3.8, 4) is 0 Å². The van der Waals surface area contributed by atoms with E-state index in [1.165, 1.54) is 14.6 Å². The van der Waals surface area contributed by atoms with Crippen molar-refractivity contribution in [1.29, 1.82) is 0 Å². The average Bonchev–Trinajstić information content (AvgIpc) is 3.10. The first-order chi connectivity index (χ1) is 10.7. The number of piperidine rings is 1. The van der Waals surface area contributed by atoms with E-state index < -0.39 is 0 Å². The van der Waals surface area contributed by atoms with Crippen LogP contribution in [-0.4, -0.2) is 35.9 Å². The molecule has 2 aromatic rings. The normalized spacial score (nSPS) is 29.0. The number of nitrogens with one attached hydrogen (secondary N) is 2. The smallest absolute Gasteiger partial charge is 0.285 e. The summed E-state index contributed by atoms with van der Waals surface area (Å²) in [5, 5.41) is 3.63. The summed E-state index contributed by atoms with van der Waals surface area (Å²) in [6.45, 7) is 1.87. The molecule has 3 heterocycles. The maximum atomic E-state index is 11.8. The lowest BCUT2D eigenvalue weighted by atomic mass is 9.96. The number of thiazole rings is 1. The van der Waals surface area contributed by atoms with E-state index in [4.69, 9.17) is 4.98 Å². The summed E-state index contributed by atoms with van der Waals surface area (Å²) in [6.07, 6.45) is 2.42. The third-order valence-electron chi connectivity index (χ3n) is 4.75. The molecule has 0 saturated carbocycles. The van der Waals surface area contributed by atoms with Crippen LogP contribution in [0.4, 0.5) is 0 Å². The van der Waals surface area contributed by atoms with Gasteiger partial charge in [-0.05, 0) is 12.1 Å². The first-order valence-electron chi connectivity index (χ1n) is 7.74. The van der Waals surface area contributed by atoms with Crippen molar-refractivity contribution >= 4 is 33.4 Å². The highest BCUT2D eigenvalue weighted by molar-refractivity contribution is 7.18. The topological polar surface area (TPSA) is 63.5 Å². The number of carbonyl (C=O) groups is 2. The van der Waals surface area contributed by atoms with Crippen LogP contribution < -0.4 is 10.2 Å². The third-order valence-corrected chi connectivity index (χ3v) is 5.95. The first kappa shape index (κ1) is 13.8. The summed E-state index contributed by atoms with van der Waals surface area (Å²) < 4.78 is 1.24. The van der Waals surface area contributed by atoms with Crippen molar-refractivity contribution in [2.45, 2.75) is 31.2 Å². The van der Waals surface area contributed by atoms with Crippen LogP contribution in [0.2, 0.25) is 0 Å². The van der Waals surface area contributed by atoms with Gasteiger partial charge in [0.25, 0.3) is 5.91 Å². The van der Waals surface area contributed by atoms with E-state index in [9.17, 15) is 9.59 Å². The zero-order valence-corrected chi connectivity index (χ0v) is 13.0. The molecule has 0 unspecified atom stereocenters. The molecule has 2 aliphatic rings. The summed E-state index contributed by atoms with van der Waals surface area (Å²) in [5.74, 6) is 0.260. The van der Waals surface area contributed by atoms with Gasteiger partial charge in [-0.3, -0.25) is 14.9 Å². The van der Waals surface area contributed by atoms with E-state index in [0.717, 1.165) is 31.4 Å². The summed E-state index contributed by atoms with van der Waals surface area (Å²) >= 11 is 1.78. The summed E-state index contributed by atoms with van der Waals surface area (Å²) in [4.78, 5) is 29.1. The molecule has 114 valence electrons. The third kappa shape index (κ3) is 2.42. The molecule has 5 nitrogen and oxygen atoms in total. The van der Waals surface area contributed by atoms with Crippen LogP contribution in [0.5, 0.6) is 0 Å². The fraction of sp³-hybridized carbons (Fsp3) is 0.438. The Kier molecular flexibility index (Phi) is 3.43. The fourth-order valence-electron chi connectivity index (χ4n) is 3.53. The van der Waals surface area contributed by atoms with Crippen molar-refractivity contribution in [2.75, 3.05) is 13.1 Å². The quantitative estimate of drug-likeness (QED) is 0.792. The molecule has 22 heavy (non-hydrogen) atoms. The van der Waals surface area contributed by atoms with Crippen LogP contribution in [0.15, 0.2) is 24.3 Å². The predicted molar refractivity (Wildman–Crippen MR) is 83.8 cm³/mol. The monoisotopic (exact) mass is 316 g/mol. The molecular formula is C16H18N3O2S+. The van der Waals surface area contributed by atoms with Crippen LogP contribution >= 0.6 is 11.3 Å². The summed E-state index contributed by atoms with van der Waals surface area (Å²) in [7, 11) is 0. The van der Waals surface area contributed by atoms with Gasteiger partial charge in [-0.2, -0.15) is 0 Å². The maximum absolute atomic E-state index is 11.8. The SMILES string of the molecule is O=C1C[C@H]([NH+]2CCC(c3nc4ccccc4s3)CC2)C(=O)N1. The Morgan fingerprint density at radius 3 is 2.64 bits per heavy atom. The highest BCUT2D eigenvalue weighted by atomic mass is 32.1. The number of rotatable bonds is 2. The second-order valence-corrected chi connectivity index (χ2v) is 7.18. The molecule has 0 aliphatic carbocycles. The Morgan fingerprint density at radius 2 is 1.95 bits per heavy atom. The number of benzene rings is 1. The number of imide groups is 1. The Bertz CT molecular complexity index is 701. The Balaban J connectivity index is 1.45. The predicted octanol–water partition coefficient (Wildman–Crippen LogP) is 0.474. The van der Waals surface area contributed by atoms with Crippen molar-refractivity contribution in [1.82, 2.24) is 10.3 Å². The highest BCUT2D eigenvalue weighted by Crippen LogP contribution is 2.31. The number of para-hydroxylation sites is 1. The van der Waals surface area contributed by atoms with E-state index in [-0.39, 0.29) is 17.9 Å². The van der Waals surface area contributed by atoms with Crippen molar-refractivity contribution in [2.24, 2.45) is 0 Å². The van der Waals surface area contributed by atoms with Gasteiger partial charge in [0.2, 0.25) is 5.91 Å². The number of hydrogen-bond acceptors (Lipinski definition) is 4. The van der Waals surface area contributed by atoms with Gasteiger partial charge in [0.15, 0.2) is 6.04 Å². The molecule has 0 bridgehead atoms. The van der Waals surface area contributed by atoms with Crippen LogP contribution in [0.1, 0.15) is 30.2 Å². The Hall–Kier alpha value is -1.79. The molecule has 2 saturated heterocycles. The van der Waals surface area contributed by atoms with Gasteiger partial charge in [0.1, 0.15) is 0 Å². The van der Waals surface area contributed by atoms with E-state index in [1.807, 2.05) is 12.1 Å². The van der Waals surface area contributed by atoms with Gasteiger partial charge in [0, 0.05) is 18.8 Å². The molecule has 2 N–H and O–H groups in total. The van der Waals surface area contributed by atoms with Gasteiger partial charge in [0.05, 0.1) is 34.7 Å². The lowest BCUT2D eigenvalue weighted by molar-refractivity contribution is -0.920. The molecule has 1 aromatic carbocycles. The minimum Gasteiger partial charge on any atom is -0.324 e. The van der Waals surface area contributed by atoms with Crippen LogP contribution in [0.3, 0.4) is 0 Å². The van der Waals surface area contributed by atoms with Crippen LogP contribution in [0.25, 0.3) is 10.2 Å². The number of hydrogen-bond donors (Lipinski definition) is 2. The van der Waals surface area contributed by atoms with E-state index in [2.05, 4.69) is 17.4 Å². The molecular weight excluding hydrogens is 298 g/mol. The lowest BCUT2D eigenvalue weighted by Crippen LogP contribution is -3.17. The van der Waals surface area contributed by atoms with Crippen LogP contribution in [-0.2, 0) is 9.59 Å². The van der Waals surface area contributed by atoms with Crippen molar-refractivity contribution in [3.63, 3.8) is 0 Å². The molecule has 0 spiro atoms. The molecule has 0 radical (unpaired) electrons. The first-order valence-corrected chi connectivity index (χ1v) is 8.56. The molecule has 2 amide bonds. The van der Waals surface area contributed by atoms with Gasteiger partial charge in [-0.15, -0.1) is 11.3 Å². The number of carbonyl (C=O) groups excluding carboxylic acids is 2. The lowest BCUT2D eigenvalue weighted by Gasteiger charge is -2.30. The number of amides is 2. The molecule has 1 aromatic heterocycles. The van der Waals surface area contributed by atoms with Crippen molar-refractivity contribution < 1.29 is 14.5 Å². The average molecular weight is 316 g/mol. The van der Waals surface area contributed by atoms with Gasteiger partial charge >= 0.3 is 0 Å². The Labute approximate surface area is 132 Å². The number of nitrogens with zero attached hydrogens (tertiary/aromatic N) is 1.